The normalized spacial score (nSPS) is 15.8. The summed E-state index contributed by atoms with van der Waals surface area (Å²) >= 11 is 0. The van der Waals surface area contributed by atoms with Gasteiger partial charge < -0.3 is 15.2 Å². The molecule has 1 aromatic carbocycles. The van der Waals surface area contributed by atoms with Gasteiger partial charge in [-0.25, -0.2) is 9.18 Å². The molecule has 0 spiro atoms. The van der Waals surface area contributed by atoms with E-state index in [4.69, 9.17) is 9.84 Å². The van der Waals surface area contributed by atoms with Crippen molar-refractivity contribution in [2.24, 2.45) is 0 Å². The van der Waals surface area contributed by atoms with Gasteiger partial charge in [0.25, 0.3) is 0 Å². The Balaban J connectivity index is 1.91. The van der Waals surface area contributed by atoms with Crippen LogP contribution in [0.3, 0.4) is 0 Å². The molecule has 1 aliphatic rings. The van der Waals surface area contributed by atoms with Crippen molar-refractivity contribution < 1.29 is 23.8 Å². The molecule has 19 heavy (non-hydrogen) atoms. The number of carbonyl (C=O) groups is 2. The number of carbonyl (C=O) groups excluding carboxylic acids is 1. The number of ether oxygens (including phenoxy) is 1. The summed E-state index contributed by atoms with van der Waals surface area (Å²) in [4.78, 5) is 21.9. The van der Waals surface area contributed by atoms with Gasteiger partial charge in [-0.2, -0.15) is 0 Å². The van der Waals surface area contributed by atoms with Crippen molar-refractivity contribution in [1.29, 1.82) is 0 Å². The highest BCUT2D eigenvalue weighted by atomic mass is 19.1. The van der Waals surface area contributed by atoms with Crippen LogP contribution in [-0.2, 0) is 19.9 Å². The Morgan fingerprint density at radius 3 is 2.68 bits per heavy atom. The zero-order valence-corrected chi connectivity index (χ0v) is 10.2. The lowest BCUT2D eigenvalue weighted by molar-refractivity contribution is -0.143. The molecule has 102 valence electrons. The summed E-state index contributed by atoms with van der Waals surface area (Å²) in [6, 6.07) is 6.09. The van der Waals surface area contributed by atoms with E-state index < -0.39 is 24.0 Å². The Morgan fingerprint density at radius 1 is 1.37 bits per heavy atom. The number of carboxylic acid groups (broad SMARTS) is 1. The van der Waals surface area contributed by atoms with Gasteiger partial charge in [0.1, 0.15) is 19.0 Å². The van der Waals surface area contributed by atoms with Gasteiger partial charge in [-0.1, -0.05) is 12.1 Å². The minimum absolute atomic E-state index is 0.316. The standard InChI is InChI=1S/C13H14FNO4/c14-10-3-1-2-9(6-10)13(4-5-13)15-11(16)7-19-8-12(17)18/h1-3,6H,4-5,7-8H2,(H,15,16)(H,17,18). The highest BCUT2D eigenvalue weighted by molar-refractivity contribution is 5.79. The van der Waals surface area contributed by atoms with E-state index in [-0.39, 0.29) is 12.4 Å². The molecule has 0 radical (unpaired) electrons. The SMILES string of the molecule is O=C(O)COCC(=O)NC1(c2cccc(F)c2)CC1. The summed E-state index contributed by atoms with van der Waals surface area (Å²) in [5.74, 6) is -1.87. The summed E-state index contributed by atoms with van der Waals surface area (Å²) in [7, 11) is 0. The summed E-state index contributed by atoms with van der Waals surface area (Å²) in [6.45, 7) is -0.830. The van der Waals surface area contributed by atoms with Crippen LogP contribution < -0.4 is 5.32 Å². The molecule has 0 aliphatic heterocycles. The molecule has 0 saturated heterocycles. The first-order chi connectivity index (χ1) is 9.02. The van der Waals surface area contributed by atoms with Gasteiger partial charge >= 0.3 is 5.97 Å². The Kier molecular flexibility index (Phi) is 3.80. The van der Waals surface area contributed by atoms with Crippen molar-refractivity contribution in [1.82, 2.24) is 5.32 Å². The molecule has 0 aromatic heterocycles. The van der Waals surface area contributed by atoms with Gasteiger partial charge in [-0.15, -0.1) is 0 Å². The maximum absolute atomic E-state index is 13.2. The Bertz CT molecular complexity index is 499. The molecular formula is C13H14FNO4. The van der Waals surface area contributed by atoms with Gasteiger partial charge in [0.15, 0.2) is 0 Å². The predicted molar refractivity (Wildman–Crippen MR) is 63.9 cm³/mol. The lowest BCUT2D eigenvalue weighted by atomic mass is 10.0. The fourth-order valence-corrected chi connectivity index (χ4v) is 1.93. The van der Waals surface area contributed by atoms with Crippen LogP contribution in [0.4, 0.5) is 4.39 Å². The molecule has 1 fully saturated rings. The predicted octanol–water partition coefficient (Wildman–Crippen LogP) is 1.03. The average Bonchev–Trinajstić information content (AvgIpc) is 3.09. The number of amides is 1. The number of rotatable bonds is 6. The first-order valence-electron chi connectivity index (χ1n) is 5.88. The molecule has 1 aliphatic carbocycles. The molecule has 0 unspecified atom stereocenters. The monoisotopic (exact) mass is 267 g/mol. The van der Waals surface area contributed by atoms with Crippen molar-refractivity contribution in [2.45, 2.75) is 18.4 Å². The summed E-state index contributed by atoms with van der Waals surface area (Å²) < 4.78 is 17.9. The molecular weight excluding hydrogens is 253 g/mol. The highest BCUT2D eigenvalue weighted by Gasteiger charge is 2.45. The number of hydrogen-bond acceptors (Lipinski definition) is 3. The molecule has 0 bridgehead atoms. The van der Waals surface area contributed by atoms with Gasteiger partial charge in [0.05, 0.1) is 5.54 Å². The van der Waals surface area contributed by atoms with Crippen LogP contribution in [-0.4, -0.2) is 30.2 Å². The smallest absolute Gasteiger partial charge is 0.329 e. The topological polar surface area (TPSA) is 75.6 Å². The van der Waals surface area contributed by atoms with Crippen LogP contribution in [0.1, 0.15) is 18.4 Å². The second-order valence-corrected chi connectivity index (χ2v) is 4.53. The maximum atomic E-state index is 13.2. The molecule has 2 rings (SSSR count). The number of carboxylic acids is 1. The third kappa shape index (κ3) is 3.51. The van der Waals surface area contributed by atoms with E-state index in [1.807, 2.05) is 0 Å². The van der Waals surface area contributed by atoms with Gasteiger partial charge in [0, 0.05) is 0 Å². The van der Waals surface area contributed by atoms with E-state index in [9.17, 15) is 14.0 Å². The molecule has 0 atom stereocenters. The number of benzene rings is 1. The summed E-state index contributed by atoms with van der Waals surface area (Å²) in [5, 5.41) is 11.1. The van der Waals surface area contributed by atoms with Crippen LogP contribution in [0.25, 0.3) is 0 Å². The van der Waals surface area contributed by atoms with Crippen molar-refractivity contribution in [3.05, 3.63) is 35.6 Å². The summed E-state index contributed by atoms with van der Waals surface area (Å²) in [6.07, 6.45) is 1.47. The van der Waals surface area contributed by atoms with E-state index in [2.05, 4.69) is 5.32 Å². The Labute approximate surface area is 109 Å². The molecule has 6 heteroatoms. The van der Waals surface area contributed by atoms with Crippen LogP contribution in [0.5, 0.6) is 0 Å². The fourth-order valence-electron chi connectivity index (χ4n) is 1.93. The second kappa shape index (κ2) is 5.36. The van der Waals surface area contributed by atoms with Crippen LogP contribution in [0.15, 0.2) is 24.3 Å². The number of halogens is 1. The molecule has 2 N–H and O–H groups in total. The minimum Gasteiger partial charge on any atom is -0.480 e. The average molecular weight is 267 g/mol. The van der Waals surface area contributed by atoms with E-state index in [1.165, 1.54) is 12.1 Å². The van der Waals surface area contributed by atoms with E-state index in [1.54, 1.807) is 12.1 Å². The molecule has 5 nitrogen and oxygen atoms in total. The Morgan fingerprint density at radius 2 is 2.11 bits per heavy atom. The zero-order chi connectivity index (χ0) is 13.9. The summed E-state index contributed by atoms with van der Waals surface area (Å²) in [5.41, 5.74) is 0.199. The van der Waals surface area contributed by atoms with Crippen LogP contribution in [0, 0.1) is 5.82 Å². The molecule has 1 aromatic rings. The van der Waals surface area contributed by atoms with E-state index in [0.29, 0.717) is 0 Å². The van der Waals surface area contributed by atoms with Crippen molar-refractivity contribution in [3.63, 3.8) is 0 Å². The first-order valence-corrected chi connectivity index (χ1v) is 5.88. The van der Waals surface area contributed by atoms with Crippen LogP contribution >= 0.6 is 0 Å². The zero-order valence-electron chi connectivity index (χ0n) is 10.2. The molecule has 1 amide bonds. The third-order valence-corrected chi connectivity index (χ3v) is 2.96. The first kappa shape index (κ1) is 13.5. The number of aliphatic carboxylic acids is 1. The van der Waals surface area contributed by atoms with Gasteiger partial charge in [0.2, 0.25) is 5.91 Å². The lowest BCUT2D eigenvalue weighted by Crippen LogP contribution is -2.37. The van der Waals surface area contributed by atoms with Crippen molar-refractivity contribution >= 4 is 11.9 Å². The minimum atomic E-state index is -1.13. The van der Waals surface area contributed by atoms with Gasteiger partial charge in [-0.3, -0.25) is 4.79 Å². The third-order valence-electron chi connectivity index (χ3n) is 2.96. The van der Waals surface area contributed by atoms with Gasteiger partial charge in [-0.05, 0) is 30.5 Å². The second-order valence-electron chi connectivity index (χ2n) is 4.53. The number of nitrogens with one attached hydrogen (secondary N) is 1. The largest absolute Gasteiger partial charge is 0.480 e. The quantitative estimate of drug-likeness (QED) is 0.807. The van der Waals surface area contributed by atoms with Crippen molar-refractivity contribution in [2.75, 3.05) is 13.2 Å². The van der Waals surface area contributed by atoms with Crippen molar-refractivity contribution in [3.8, 4) is 0 Å². The van der Waals surface area contributed by atoms with Crippen LogP contribution in [0.2, 0.25) is 0 Å². The lowest BCUT2D eigenvalue weighted by Gasteiger charge is -2.18. The van der Waals surface area contributed by atoms with E-state index >= 15 is 0 Å². The number of hydrogen-bond donors (Lipinski definition) is 2. The highest BCUT2D eigenvalue weighted by Crippen LogP contribution is 2.45. The fraction of sp³-hybridized carbons (Fsp3) is 0.385. The Hall–Kier alpha value is -1.95. The molecule has 0 heterocycles. The maximum Gasteiger partial charge on any atom is 0.329 e. The van der Waals surface area contributed by atoms with E-state index in [0.717, 1.165) is 18.4 Å². The molecule has 1 saturated carbocycles.